The molecule has 2 rings (SSSR count). The molecule has 0 bridgehead atoms. The first-order chi connectivity index (χ1) is 10.5. The molecule has 0 aliphatic rings. The maximum Gasteiger partial charge on any atom is 0.357 e. The highest BCUT2D eigenvalue weighted by atomic mass is 32.2. The van der Waals surface area contributed by atoms with Gasteiger partial charge in [0.05, 0.1) is 6.61 Å². The van der Waals surface area contributed by atoms with Gasteiger partial charge in [-0.15, -0.1) is 0 Å². The summed E-state index contributed by atoms with van der Waals surface area (Å²) in [5.74, 6) is -0.901. The highest BCUT2D eigenvalue weighted by Gasteiger charge is 2.23. The molecule has 0 atom stereocenters. The van der Waals surface area contributed by atoms with Crippen molar-refractivity contribution in [2.45, 2.75) is 4.90 Å². The third kappa shape index (κ3) is 3.84. The average Bonchev–Trinajstić information content (AvgIpc) is 2.53. The predicted octanol–water partition coefficient (Wildman–Crippen LogP) is 1.60. The maximum atomic E-state index is 12.1. The van der Waals surface area contributed by atoms with Crippen molar-refractivity contribution in [1.82, 2.24) is 0 Å². The molecule has 6 nitrogen and oxygen atoms in total. The number of benzene rings is 2. The molecule has 0 aromatic heterocycles. The number of hydrogen-bond donors (Lipinski definition) is 1. The molecule has 2 aromatic rings. The van der Waals surface area contributed by atoms with Crippen LogP contribution in [0.3, 0.4) is 0 Å². The smallest absolute Gasteiger partial charge is 0.357 e. The fraction of sp³-hybridized carbons (Fsp3) is 0.133. The molecule has 0 heterocycles. The summed E-state index contributed by atoms with van der Waals surface area (Å²) in [7, 11) is -4.20. The standard InChI is InChI=1S/C15H14O6S/c16-10-11-20-14-9-5-4-8-13(14)15(17)21-22(18,19)12-6-2-1-3-7-12/h1-9,16H,10-11H2. The van der Waals surface area contributed by atoms with E-state index in [0.29, 0.717) is 0 Å². The minimum absolute atomic E-state index is 0.0181. The topological polar surface area (TPSA) is 89.9 Å². The Morgan fingerprint density at radius 3 is 2.32 bits per heavy atom. The lowest BCUT2D eigenvalue weighted by atomic mass is 10.2. The summed E-state index contributed by atoms with van der Waals surface area (Å²) in [5.41, 5.74) is -0.0320. The van der Waals surface area contributed by atoms with Crippen molar-refractivity contribution >= 4 is 16.1 Å². The second-order valence-electron chi connectivity index (χ2n) is 4.21. The van der Waals surface area contributed by atoms with Crippen molar-refractivity contribution in [2.75, 3.05) is 13.2 Å². The van der Waals surface area contributed by atoms with E-state index < -0.39 is 16.1 Å². The number of ether oxygens (including phenoxy) is 1. The van der Waals surface area contributed by atoms with Gasteiger partial charge in [0.1, 0.15) is 22.8 Å². The van der Waals surface area contributed by atoms with Crippen LogP contribution in [0, 0.1) is 0 Å². The zero-order valence-electron chi connectivity index (χ0n) is 11.5. The van der Waals surface area contributed by atoms with Crippen molar-refractivity contribution in [1.29, 1.82) is 0 Å². The second kappa shape index (κ2) is 7.06. The van der Waals surface area contributed by atoms with Crippen LogP contribution in [-0.4, -0.2) is 32.7 Å². The molecule has 0 aliphatic carbocycles. The van der Waals surface area contributed by atoms with E-state index in [1.807, 2.05) is 0 Å². The van der Waals surface area contributed by atoms with Crippen LogP contribution < -0.4 is 4.74 Å². The lowest BCUT2D eigenvalue weighted by Crippen LogP contribution is -2.15. The maximum absolute atomic E-state index is 12.1. The van der Waals surface area contributed by atoms with Crippen LogP contribution in [-0.2, 0) is 14.3 Å². The molecule has 0 amide bonds. The Balaban J connectivity index is 2.23. The van der Waals surface area contributed by atoms with E-state index >= 15 is 0 Å². The van der Waals surface area contributed by atoms with E-state index in [4.69, 9.17) is 9.84 Å². The molecule has 116 valence electrons. The van der Waals surface area contributed by atoms with Crippen molar-refractivity contribution in [3.8, 4) is 5.75 Å². The van der Waals surface area contributed by atoms with Crippen LogP contribution >= 0.6 is 0 Å². The quantitative estimate of drug-likeness (QED) is 0.813. The number of aliphatic hydroxyl groups excluding tert-OH is 1. The number of carbonyl (C=O) groups is 1. The van der Waals surface area contributed by atoms with Gasteiger partial charge in [0.2, 0.25) is 0 Å². The average molecular weight is 322 g/mol. The lowest BCUT2D eigenvalue weighted by Gasteiger charge is -2.10. The Bertz CT molecular complexity index is 740. The van der Waals surface area contributed by atoms with E-state index in [9.17, 15) is 13.2 Å². The minimum atomic E-state index is -4.20. The monoisotopic (exact) mass is 322 g/mol. The van der Waals surface area contributed by atoms with Crippen molar-refractivity contribution in [3.05, 3.63) is 60.2 Å². The fourth-order valence-electron chi connectivity index (χ4n) is 1.70. The normalized spacial score (nSPS) is 11.0. The summed E-state index contributed by atoms with van der Waals surface area (Å²) in [5, 5.41) is 8.76. The van der Waals surface area contributed by atoms with Crippen molar-refractivity contribution < 1.29 is 27.2 Å². The molecule has 22 heavy (non-hydrogen) atoms. The van der Waals surface area contributed by atoms with Gasteiger partial charge in [-0.25, -0.2) is 4.79 Å². The third-order valence-electron chi connectivity index (χ3n) is 2.67. The van der Waals surface area contributed by atoms with Gasteiger partial charge in [0.15, 0.2) is 0 Å². The molecule has 0 unspecified atom stereocenters. The second-order valence-corrected chi connectivity index (χ2v) is 5.75. The largest absolute Gasteiger partial charge is 0.490 e. The summed E-state index contributed by atoms with van der Waals surface area (Å²) in [6.07, 6.45) is 0. The summed E-state index contributed by atoms with van der Waals surface area (Å²) < 4.78 is 33.8. The van der Waals surface area contributed by atoms with Gasteiger partial charge in [0.25, 0.3) is 0 Å². The summed E-state index contributed by atoms with van der Waals surface area (Å²) in [6, 6.07) is 13.4. The van der Waals surface area contributed by atoms with Gasteiger partial charge in [-0.3, -0.25) is 0 Å². The molecule has 0 spiro atoms. The van der Waals surface area contributed by atoms with E-state index in [2.05, 4.69) is 4.18 Å². The van der Waals surface area contributed by atoms with Gasteiger partial charge >= 0.3 is 16.1 Å². The molecule has 7 heteroatoms. The highest BCUT2D eigenvalue weighted by Crippen LogP contribution is 2.21. The SMILES string of the molecule is O=C(OS(=O)(=O)c1ccccc1)c1ccccc1OCCO. The van der Waals surface area contributed by atoms with E-state index in [1.165, 1.54) is 36.4 Å². The Kier molecular flexibility index (Phi) is 5.13. The van der Waals surface area contributed by atoms with Crippen LogP contribution in [0.15, 0.2) is 59.5 Å². The number of aliphatic hydroxyl groups is 1. The summed E-state index contributed by atoms with van der Waals surface area (Å²) in [6.45, 7) is -0.249. The van der Waals surface area contributed by atoms with Gasteiger partial charge in [0, 0.05) is 0 Å². The Morgan fingerprint density at radius 2 is 1.64 bits per heavy atom. The van der Waals surface area contributed by atoms with Crippen LogP contribution in [0.25, 0.3) is 0 Å². The molecule has 0 saturated carbocycles. The van der Waals surface area contributed by atoms with Gasteiger partial charge in [-0.05, 0) is 24.3 Å². The molecule has 0 saturated heterocycles. The highest BCUT2D eigenvalue weighted by molar-refractivity contribution is 7.87. The first-order valence-corrected chi connectivity index (χ1v) is 7.82. The van der Waals surface area contributed by atoms with E-state index in [1.54, 1.807) is 18.2 Å². The summed E-state index contributed by atoms with van der Waals surface area (Å²) >= 11 is 0. The van der Waals surface area contributed by atoms with Crippen LogP contribution in [0.1, 0.15) is 10.4 Å². The van der Waals surface area contributed by atoms with Gasteiger partial charge < -0.3 is 14.0 Å². The number of hydrogen-bond acceptors (Lipinski definition) is 6. The van der Waals surface area contributed by atoms with Crippen LogP contribution in [0.5, 0.6) is 5.75 Å². The van der Waals surface area contributed by atoms with Gasteiger partial charge in [-0.1, -0.05) is 30.3 Å². The van der Waals surface area contributed by atoms with Crippen molar-refractivity contribution in [3.63, 3.8) is 0 Å². The molecular weight excluding hydrogens is 308 g/mol. The molecule has 1 N–H and O–H groups in total. The van der Waals surface area contributed by atoms with E-state index in [0.717, 1.165) is 0 Å². The number of rotatable bonds is 6. The third-order valence-corrected chi connectivity index (χ3v) is 3.89. The fourth-order valence-corrected chi connectivity index (χ4v) is 2.57. The van der Waals surface area contributed by atoms with E-state index in [-0.39, 0.29) is 29.4 Å². The number of carbonyl (C=O) groups excluding carboxylic acids is 1. The molecular formula is C15H14O6S. The first-order valence-electron chi connectivity index (χ1n) is 6.41. The predicted molar refractivity (Wildman–Crippen MR) is 78.1 cm³/mol. The Morgan fingerprint density at radius 1 is 1.00 bits per heavy atom. The first kappa shape index (κ1) is 16.0. The zero-order chi connectivity index (χ0) is 16.0. The Hall–Kier alpha value is -2.38. The van der Waals surface area contributed by atoms with Gasteiger partial charge in [-0.2, -0.15) is 8.42 Å². The van der Waals surface area contributed by atoms with Crippen LogP contribution in [0.4, 0.5) is 0 Å². The Labute approximate surface area is 128 Å². The minimum Gasteiger partial charge on any atom is -0.490 e. The van der Waals surface area contributed by atoms with Crippen molar-refractivity contribution in [2.24, 2.45) is 0 Å². The molecule has 0 aliphatic heterocycles. The zero-order valence-corrected chi connectivity index (χ0v) is 12.3. The van der Waals surface area contributed by atoms with Crippen LogP contribution in [0.2, 0.25) is 0 Å². The molecule has 0 radical (unpaired) electrons. The number of para-hydroxylation sites is 1. The lowest BCUT2D eigenvalue weighted by molar-refractivity contribution is 0.0740. The molecule has 0 fully saturated rings. The molecule has 2 aromatic carbocycles. The summed E-state index contributed by atoms with van der Waals surface area (Å²) in [4.78, 5) is 12.0.